The number of hydrogen-bond acceptors (Lipinski definition) is 5. The zero-order valence-electron chi connectivity index (χ0n) is 11.2. The topological polar surface area (TPSA) is 60.2 Å². The molecule has 22 heavy (non-hydrogen) atoms. The Kier molecular flexibility index (Phi) is 3.77. The molecule has 2 aromatic heterocycles. The van der Waals surface area contributed by atoms with E-state index in [0.29, 0.717) is 23.0 Å². The first kappa shape index (κ1) is 14.8. The van der Waals surface area contributed by atoms with Gasteiger partial charge in [-0.1, -0.05) is 11.3 Å². The number of nitrogens with zero attached hydrogens (tertiary/aromatic N) is 4. The van der Waals surface area contributed by atoms with Crippen LogP contribution < -0.4 is 4.74 Å². The van der Waals surface area contributed by atoms with Crippen LogP contribution in [-0.4, -0.2) is 50.9 Å². The van der Waals surface area contributed by atoms with Crippen LogP contribution in [0.25, 0.3) is 0 Å². The lowest BCUT2D eigenvalue weighted by Gasteiger charge is -2.37. The van der Waals surface area contributed by atoms with Crippen molar-refractivity contribution >= 4 is 17.2 Å². The van der Waals surface area contributed by atoms with Gasteiger partial charge in [0, 0.05) is 17.8 Å². The van der Waals surface area contributed by atoms with E-state index in [1.165, 1.54) is 22.3 Å². The molecule has 2 aromatic rings. The molecule has 0 aromatic carbocycles. The van der Waals surface area contributed by atoms with Crippen molar-refractivity contribution in [2.45, 2.75) is 18.8 Å². The molecule has 1 aliphatic heterocycles. The van der Waals surface area contributed by atoms with Crippen LogP contribution in [-0.2, 0) is 6.54 Å². The van der Waals surface area contributed by atoms with Crippen LogP contribution in [0.2, 0.25) is 0 Å². The molecular formula is C12H11F3N4O2S. The van der Waals surface area contributed by atoms with Gasteiger partial charge in [0.25, 0.3) is 11.1 Å². The van der Waals surface area contributed by atoms with Gasteiger partial charge in [-0.05, 0) is 6.07 Å². The van der Waals surface area contributed by atoms with E-state index >= 15 is 0 Å². The van der Waals surface area contributed by atoms with E-state index in [2.05, 4.69) is 10.1 Å². The highest BCUT2D eigenvalue weighted by Crippen LogP contribution is 2.21. The lowest BCUT2D eigenvalue weighted by Crippen LogP contribution is -2.56. The molecule has 0 radical (unpaired) electrons. The van der Waals surface area contributed by atoms with Crippen molar-refractivity contribution in [3.63, 3.8) is 0 Å². The van der Waals surface area contributed by atoms with E-state index in [0.717, 1.165) is 6.20 Å². The van der Waals surface area contributed by atoms with Crippen LogP contribution in [0.4, 0.5) is 13.2 Å². The molecule has 0 saturated carbocycles. The van der Waals surface area contributed by atoms with Crippen molar-refractivity contribution in [2.75, 3.05) is 13.1 Å². The van der Waals surface area contributed by atoms with Crippen LogP contribution in [0.5, 0.6) is 5.19 Å². The lowest BCUT2D eigenvalue weighted by molar-refractivity contribution is -0.142. The molecule has 3 rings (SSSR count). The van der Waals surface area contributed by atoms with Gasteiger partial charge >= 0.3 is 6.18 Å². The highest BCUT2D eigenvalue weighted by Gasteiger charge is 2.35. The van der Waals surface area contributed by atoms with Crippen LogP contribution in [0.15, 0.2) is 23.8 Å². The summed E-state index contributed by atoms with van der Waals surface area (Å²) in [5.41, 5.74) is -0.00283. The van der Waals surface area contributed by atoms with E-state index in [9.17, 15) is 18.0 Å². The van der Waals surface area contributed by atoms with Crippen molar-refractivity contribution in [2.24, 2.45) is 0 Å². The monoisotopic (exact) mass is 332 g/mol. The smallest absolute Gasteiger partial charge is 0.408 e. The number of halogens is 3. The summed E-state index contributed by atoms with van der Waals surface area (Å²) in [5.74, 6) is -0.403. The number of ether oxygens (including phenoxy) is 1. The Balaban J connectivity index is 1.53. The van der Waals surface area contributed by atoms with Gasteiger partial charge in [0.05, 0.1) is 13.1 Å². The van der Waals surface area contributed by atoms with Gasteiger partial charge in [0.15, 0.2) is 0 Å². The summed E-state index contributed by atoms with van der Waals surface area (Å²) in [6, 6.07) is 1.28. The maximum absolute atomic E-state index is 12.2. The van der Waals surface area contributed by atoms with Gasteiger partial charge in [0.2, 0.25) is 0 Å². The average molecular weight is 332 g/mol. The van der Waals surface area contributed by atoms with Crippen LogP contribution in [0.3, 0.4) is 0 Å². The zero-order valence-corrected chi connectivity index (χ0v) is 12.0. The average Bonchev–Trinajstić information content (AvgIpc) is 3.01. The summed E-state index contributed by atoms with van der Waals surface area (Å²) < 4.78 is 42.9. The molecule has 6 nitrogen and oxygen atoms in total. The molecule has 0 unspecified atom stereocenters. The van der Waals surface area contributed by atoms with E-state index in [-0.39, 0.29) is 11.8 Å². The number of alkyl halides is 3. The highest BCUT2D eigenvalue weighted by atomic mass is 32.1. The first-order valence-electron chi connectivity index (χ1n) is 6.36. The summed E-state index contributed by atoms with van der Waals surface area (Å²) in [5, 5.41) is 5.97. The Morgan fingerprint density at radius 2 is 2.23 bits per heavy atom. The van der Waals surface area contributed by atoms with Gasteiger partial charge in [-0.3, -0.25) is 9.48 Å². The summed E-state index contributed by atoms with van der Waals surface area (Å²) >= 11 is 1.36. The zero-order chi connectivity index (χ0) is 15.7. The third kappa shape index (κ3) is 3.38. The second-order valence-electron chi connectivity index (χ2n) is 4.76. The Bertz CT molecular complexity index is 650. The minimum Gasteiger partial charge on any atom is -0.463 e. The number of hydrogen-bond donors (Lipinski definition) is 0. The minimum absolute atomic E-state index is 0.00283. The van der Waals surface area contributed by atoms with Crippen molar-refractivity contribution < 1.29 is 22.7 Å². The molecular weight excluding hydrogens is 321 g/mol. The molecule has 10 heteroatoms. The molecule has 1 amide bonds. The van der Waals surface area contributed by atoms with Crippen LogP contribution >= 0.6 is 11.3 Å². The molecule has 0 atom stereocenters. The Labute approximate surface area is 127 Å². The predicted molar refractivity (Wildman–Crippen MR) is 70.7 cm³/mol. The number of rotatable bonds is 4. The number of aromatic nitrogens is 3. The standard InChI is InChI=1S/C12H11F3N4O2S/c13-12(14,15)7-19-3-1-9(17-19)10(20)18-5-8(6-18)21-11-16-2-4-22-11/h1-4,8H,5-7H2. The second kappa shape index (κ2) is 5.59. The lowest BCUT2D eigenvalue weighted by atomic mass is 10.1. The maximum Gasteiger partial charge on any atom is 0.408 e. The van der Waals surface area contributed by atoms with Gasteiger partial charge in [-0.25, -0.2) is 4.98 Å². The van der Waals surface area contributed by atoms with Crippen molar-refractivity contribution in [3.8, 4) is 5.19 Å². The van der Waals surface area contributed by atoms with Crippen molar-refractivity contribution in [1.29, 1.82) is 0 Å². The van der Waals surface area contributed by atoms with Crippen LogP contribution in [0, 0.1) is 0 Å². The normalized spacial score (nSPS) is 15.7. The molecule has 0 aliphatic carbocycles. The van der Waals surface area contributed by atoms with Crippen molar-refractivity contribution in [3.05, 3.63) is 29.5 Å². The van der Waals surface area contributed by atoms with Gasteiger partial charge in [-0.2, -0.15) is 18.3 Å². The van der Waals surface area contributed by atoms with E-state index in [1.807, 2.05) is 0 Å². The maximum atomic E-state index is 12.2. The van der Waals surface area contributed by atoms with E-state index < -0.39 is 18.6 Å². The molecule has 1 fully saturated rings. The number of likely N-dealkylation sites (tertiary alicyclic amines) is 1. The number of carbonyl (C=O) groups excluding carboxylic acids is 1. The number of thiazole rings is 1. The Morgan fingerprint density at radius 1 is 1.45 bits per heavy atom. The Hall–Kier alpha value is -2.10. The van der Waals surface area contributed by atoms with Gasteiger partial charge in [0.1, 0.15) is 18.3 Å². The third-order valence-electron chi connectivity index (χ3n) is 3.01. The molecule has 118 valence electrons. The fraction of sp³-hybridized carbons (Fsp3) is 0.417. The molecule has 0 spiro atoms. The van der Waals surface area contributed by atoms with E-state index in [4.69, 9.17) is 4.74 Å². The first-order chi connectivity index (χ1) is 10.4. The number of amides is 1. The molecule has 1 aliphatic rings. The van der Waals surface area contributed by atoms with E-state index in [1.54, 1.807) is 11.6 Å². The molecule has 1 saturated heterocycles. The van der Waals surface area contributed by atoms with Crippen LogP contribution in [0.1, 0.15) is 10.5 Å². The third-order valence-corrected chi connectivity index (χ3v) is 3.67. The predicted octanol–water partition coefficient (Wildman–Crippen LogP) is 1.81. The summed E-state index contributed by atoms with van der Waals surface area (Å²) in [6.45, 7) is -0.481. The summed E-state index contributed by atoms with van der Waals surface area (Å²) in [7, 11) is 0. The first-order valence-corrected chi connectivity index (χ1v) is 7.24. The van der Waals surface area contributed by atoms with Gasteiger partial charge < -0.3 is 9.64 Å². The molecule has 0 bridgehead atoms. The quantitative estimate of drug-likeness (QED) is 0.857. The molecule has 3 heterocycles. The second-order valence-corrected chi connectivity index (χ2v) is 5.62. The van der Waals surface area contributed by atoms with Gasteiger partial charge in [-0.15, -0.1) is 0 Å². The summed E-state index contributed by atoms with van der Waals surface area (Å²) in [6.07, 6.45) is -1.75. The fourth-order valence-corrected chi connectivity index (χ4v) is 2.55. The largest absolute Gasteiger partial charge is 0.463 e. The Morgan fingerprint density at radius 3 is 2.86 bits per heavy atom. The summed E-state index contributed by atoms with van der Waals surface area (Å²) in [4.78, 5) is 17.5. The molecule has 0 N–H and O–H groups in total. The SMILES string of the molecule is O=C(c1ccn(CC(F)(F)F)n1)N1CC(Oc2nccs2)C1. The minimum atomic E-state index is -4.37. The van der Waals surface area contributed by atoms with Crippen molar-refractivity contribution in [1.82, 2.24) is 19.7 Å². The fourth-order valence-electron chi connectivity index (χ4n) is 2.00. The number of carbonyl (C=O) groups is 1. The highest BCUT2D eigenvalue weighted by molar-refractivity contribution is 7.11.